The Morgan fingerprint density at radius 3 is 2.50 bits per heavy atom. The number of para-hydroxylation sites is 1. The number of benzene rings is 1. The molecule has 0 fully saturated rings. The highest BCUT2D eigenvalue weighted by Crippen LogP contribution is 2.03. The minimum atomic E-state index is -0.0828. The summed E-state index contributed by atoms with van der Waals surface area (Å²) in [4.78, 5) is 14.3. The summed E-state index contributed by atoms with van der Waals surface area (Å²) in [6, 6.07) is 9.48. The predicted molar refractivity (Wildman–Crippen MR) is 71.1 cm³/mol. The number of hydrogen-bond acceptors (Lipinski definition) is 3. The lowest BCUT2D eigenvalue weighted by molar-refractivity contribution is 0.378. The SMILES string of the molecule is Cc1nn(-c2ccccc2)c(=O)n1CCN(C)C. The van der Waals surface area contributed by atoms with Crippen LogP contribution in [0.25, 0.3) is 5.69 Å². The molecule has 1 aromatic carbocycles. The monoisotopic (exact) mass is 246 g/mol. The molecule has 96 valence electrons. The first-order chi connectivity index (χ1) is 8.59. The Kier molecular flexibility index (Phi) is 3.62. The average molecular weight is 246 g/mol. The third-order valence-electron chi connectivity index (χ3n) is 2.82. The molecule has 0 atom stereocenters. The van der Waals surface area contributed by atoms with E-state index in [9.17, 15) is 4.79 Å². The Labute approximate surface area is 106 Å². The van der Waals surface area contributed by atoms with E-state index in [1.165, 1.54) is 4.68 Å². The van der Waals surface area contributed by atoms with Gasteiger partial charge in [0.25, 0.3) is 0 Å². The minimum Gasteiger partial charge on any atom is -0.308 e. The third-order valence-corrected chi connectivity index (χ3v) is 2.82. The third kappa shape index (κ3) is 2.51. The standard InChI is InChI=1S/C13H18N4O/c1-11-14-17(12-7-5-4-6-8-12)13(18)16(11)10-9-15(2)3/h4-8H,9-10H2,1-3H3. The molecule has 0 bridgehead atoms. The van der Waals surface area contributed by atoms with Crippen LogP contribution in [0.15, 0.2) is 35.1 Å². The van der Waals surface area contributed by atoms with Gasteiger partial charge in [-0.25, -0.2) is 4.79 Å². The van der Waals surface area contributed by atoms with E-state index in [2.05, 4.69) is 5.10 Å². The van der Waals surface area contributed by atoms with Crippen LogP contribution < -0.4 is 5.69 Å². The van der Waals surface area contributed by atoms with Crippen molar-refractivity contribution in [3.05, 3.63) is 46.6 Å². The van der Waals surface area contributed by atoms with Crippen molar-refractivity contribution in [3.63, 3.8) is 0 Å². The quantitative estimate of drug-likeness (QED) is 0.805. The van der Waals surface area contributed by atoms with Crippen molar-refractivity contribution in [2.45, 2.75) is 13.5 Å². The number of likely N-dealkylation sites (N-methyl/N-ethyl adjacent to an activating group) is 1. The van der Waals surface area contributed by atoms with Crippen molar-refractivity contribution < 1.29 is 0 Å². The smallest absolute Gasteiger partial charge is 0.308 e. The van der Waals surface area contributed by atoms with E-state index in [0.717, 1.165) is 18.1 Å². The molecule has 1 heterocycles. The predicted octanol–water partition coefficient (Wildman–Crippen LogP) is 0.904. The number of aromatic nitrogens is 3. The van der Waals surface area contributed by atoms with Crippen molar-refractivity contribution in [3.8, 4) is 5.69 Å². The Morgan fingerprint density at radius 1 is 1.22 bits per heavy atom. The molecule has 5 heteroatoms. The van der Waals surface area contributed by atoms with Gasteiger partial charge < -0.3 is 4.90 Å². The summed E-state index contributed by atoms with van der Waals surface area (Å²) < 4.78 is 3.15. The zero-order valence-electron chi connectivity index (χ0n) is 11.0. The summed E-state index contributed by atoms with van der Waals surface area (Å²) in [6.45, 7) is 3.34. The van der Waals surface area contributed by atoms with Gasteiger partial charge in [-0.15, -0.1) is 0 Å². The fourth-order valence-corrected chi connectivity index (χ4v) is 1.79. The Hall–Kier alpha value is -1.88. The maximum absolute atomic E-state index is 12.2. The number of nitrogens with zero attached hydrogens (tertiary/aromatic N) is 4. The van der Waals surface area contributed by atoms with Gasteiger partial charge in [-0.2, -0.15) is 9.78 Å². The molecule has 2 rings (SSSR count). The van der Waals surface area contributed by atoms with Gasteiger partial charge in [0.1, 0.15) is 5.82 Å². The van der Waals surface area contributed by atoms with Crippen LogP contribution in [0.3, 0.4) is 0 Å². The molecular weight excluding hydrogens is 228 g/mol. The van der Waals surface area contributed by atoms with Crippen molar-refractivity contribution in [1.29, 1.82) is 0 Å². The van der Waals surface area contributed by atoms with Crippen LogP contribution in [0.2, 0.25) is 0 Å². The highest BCUT2D eigenvalue weighted by molar-refractivity contribution is 5.29. The summed E-state index contributed by atoms with van der Waals surface area (Å²) >= 11 is 0. The van der Waals surface area contributed by atoms with Crippen LogP contribution in [0, 0.1) is 6.92 Å². The molecule has 5 nitrogen and oxygen atoms in total. The van der Waals surface area contributed by atoms with E-state index >= 15 is 0 Å². The van der Waals surface area contributed by atoms with Crippen LogP contribution in [0.1, 0.15) is 5.82 Å². The van der Waals surface area contributed by atoms with E-state index in [0.29, 0.717) is 6.54 Å². The number of rotatable bonds is 4. The summed E-state index contributed by atoms with van der Waals surface area (Å²) in [7, 11) is 3.98. The van der Waals surface area contributed by atoms with E-state index in [1.54, 1.807) is 4.57 Å². The molecule has 0 aliphatic heterocycles. The molecule has 0 radical (unpaired) electrons. The molecule has 0 saturated heterocycles. The lowest BCUT2D eigenvalue weighted by atomic mass is 10.3. The van der Waals surface area contributed by atoms with Crippen LogP contribution in [-0.2, 0) is 6.54 Å². The summed E-state index contributed by atoms with van der Waals surface area (Å²) in [5.41, 5.74) is 0.717. The van der Waals surface area contributed by atoms with Gasteiger partial charge >= 0.3 is 5.69 Å². The molecule has 0 amide bonds. The molecule has 0 aliphatic carbocycles. The lowest BCUT2D eigenvalue weighted by Crippen LogP contribution is -2.28. The molecule has 0 N–H and O–H groups in total. The highest BCUT2D eigenvalue weighted by Gasteiger charge is 2.10. The summed E-state index contributed by atoms with van der Waals surface area (Å²) in [5, 5.41) is 4.31. The van der Waals surface area contributed by atoms with Crippen LogP contribution in [0.4, 0.5) is 0 Å². The van der Waals surface area contributed by atoms with Crippen molar-refractivity contribution in [2.75, 3.05) is 20.6 Å². The second-order valence-electron chi connectivity index (χ2n) is 4.53. The molecule has 0 spiro atoms. The maximum Gasteiger partial charge on any atom is 0.350 e. The van der Waals surface area contributed by atoms with Gasteiger partial charge in [0.05, 0.1) is 5.69 Å². The lowest BCUT2D eigenvalue weighted by Gasteiger charge is -2.09. The number of aryl methyl sites for hydroxylation is 1. The molecule has 0 aliphatic rings. The van der Waals surface area contributed by atoms with E-state index in [4.69, 9.17) is 0 Å². The fraction of sp³-hybridized carbons (Fsp3) is 0.385. The molecule has 0 unspecified atom stereocenters. The summed E-state index contributed by atoms with van der Waals surface area (Å²) in [5.74, 6) is 0.741. The van der Waals surface area contributed by atoms with Gasteiger partial charge in [-0.1, -0.05) is 18.2 Å². The molecule has 1 aromatic heterocycles. The fourth-order valence-electron chi connectivity index (χ4n) is 1.79. The molecule has 2 aromatic rings. The zero-order valence-corrected chi connectivity index (χ0v) is 11.0. The molecule has 18 heavy (non-hydrogen) atoms. The second kappa shape index (κ2) is 5.18. The van der Waals surface area contributed by atoms with E-state index in [1.807, 2.05) is 56.3 Å². The first kappa shape index (κ1) is 12.6. The highest BCUT2D eigenvalue weighted by atomic mass is 16.2. The van der Waals surface area contributed by atoms with Gasteiger partial charge in [0, 0.05) is 13.1 Å². The van der Waals surface area contributed by atoms with Crippen LogP contribution in [-0.4, -0.2) is 39.9 Å². The first-order valence-electron chi connectivity index (χ1n) is 5.96. The van der Waals surface area contributed by atoms with Crippen molar-refractivity contribution in [2.24, 2.45) is 0 Å². The topological polar surface area (TPSA) is 43.1 Å². The van der Waals surface area contributed by atoms with Gasteiger partial charge in [-0.05, 0) is 33.2 Å². The normalized spacial score (nSPS) is 11.1. The maximum atomic E-state index is 12.2. The number of hydrogen-bond donors (Lipinski definition) is 0. The van der Waals surface area contributed by atoms with E-state index < -0.39 is 0 Å². The van der Waals surface area contributed by atoms with Crippen LogP contribution in [0.5, 0.6) is 0 Å². The average Bonchev–Trinajstić information content (AvgIpc) is 2.63. The zero-order chi connectivity index (χ0) is 13.1. The Morgan fingerprint density at radius 2 is 1.89 bits per heavy atom. The van der Waals surface area contributed by atoms with Crippen molar-refractivity contribution >= 4 is 0 Å². The minimum absolute atomic E-state index is 0.0828. The van der Waals surface area contributed by atoms with E-state index in [-0.39, 0.29) is 5.69 Å². The molecular formula is C13H18N4O. The van der Waals surface area contributed by atoms with Crippen LogP contribution >= 0.6 is 0 Å². The first-order valence-corrected chi connectivity index (χ1v) is 5.96. The molecule has 0 saturated carbocycles. The largest absolute Gasteiger partial charge is 0.350 e. The Bertz CT molecular complexity index is 568. The second-order valence-corrected chi connectivity index (χ2v) is 4.53. The van der Waals surface area contributed by atoms with Crippen molar-refractivity contribution in [1.82, 2.24) is 19.2 Å². The summed E-state index contributed by atoms with van der Waals surface area (Å²) in [6.07, 6.45) is 0. The van der Waals surface area contributed by atoms with Gasteiger partial charge in [0.15, 0.2) is 0 Å². The van der Waals surface area contributed by atoms with Gasteiger partial charge in [0.2, 0.25) is 0 Å². The van der Waals surface area contributed by atoms with Gasteiger partial charge in [-0.3, -0.25) is 4.57 Å². The Balaban J connectivity index is 2.35.